The lowest BCUT2D eigenvalue weighted by Gasteiger charge is -2.08. The Morgan fingerprint density at radius 2 is 1.90 bits per heavy atom. The van der Waals surface area contributed by atoms with Crippen LogP contribution in [0.25, 0.3) is 6.08 Å². The number of benzene rings is 3. The maximum atomic E-state index is 14.0. The summed E-state index contributed by atoms with van der Waals surface area (Å²) < 4.78 is 30.7. The number of fused-ring (bicyclic) bond motifs is 1. The number of rotatable bonds is 5. The molecule has 1 heterocycles. The van der Waals surface area contributed by atoms with Crippen molar-refractivity contribution in [2.24, 2.45) is 0 Å². The van der Waals surface area contributed by atoms with Crippen LogP contribution in [0.4, 0.5) is 4.39 Å². The zero-order chi connectivity index (χ0) is 20.4. The third-order valence-electron chi connectivity index (χ3n) is 4.46. The van der Waals surface area contributed by atoms with E-state index in [2.05, 4.69) is 0 Å². The topological polar surface area (TPSA) is 44.8 Å². The average Bonchev–Trinajstić information content (AvgIpc) is 3.04. The van der Waals surface area contributed by atoms with Gasteiger partial charge in [-0.25, -0.2) is 4.39 Å². The highest BCUT2D eigenvalue weighted by atomic mass is 35.5. The van der Waals surface area contributed by atoms with Crippen LogP contribution in [0, 0.1) is 5.82 Å². The van der Waals surface area contributed by atoms with E-state index in [1.807, 2.05) is 24.3 Å². The minimum atomic E-state index is -0.528. The van der Waals surface area contributed by atoms with Crippen LogP contribution in [0.2, 0.25) is 5.02 Å². The molecule has 0 unspecified atom stereocenters. The molecule has 1 aliphatic heterocycles. The molecule has 0 bridgehead atoms. The number of ether oxygens (including phenoxy) is 3. The molecular formula is C23H16ClFO4. The van der Waals surface area contributed by atoms with E-state index in [-0.39, 0.29) is 22.1 Å². The number of hydrogen-bond acceptors (Lipinski definition) is 4. The minimum absolute atomic E-state index is 0.0111. The normalized spacial score (nSPS) is 13.9. The van der Waals surface area contributed by atoms with E-state index in [0.717, 1.165) is 11.3 Å². The lowest BCUT2D eigenvalue weighted by Crippen LogP contribution is -1.99. The Labute approximate surface area is 172 Å². The molecule has 6 heteroatoms. The number of ketones is 1. The molecule has 0 saturated carbocycles. The van der Waals surface area contributed by atoms with Gasteiger partial charge in [0.2, 0.25) is 5.78 Å². The van der Waals surface area contributed by atoms with Crippen LogP contribution < -0.4 is 14.2 Å². The van der Waals surface area contributed by atoms with E-state index >= 15 is 0 Å². The van der Waals surface area contributed by atoms with Crippen LogP contribution in [0.1, 0.15) is 21.5 Å². The van der Waals surface area contributed by atoms with Crippen molar-refractivity contribution < 1.29 is 23.4 Å². The summed E-state index contributed by atoms with van der Waals surface area (Å²) in [6.07, 6.45) is 1.32. The molecule has 4 rings (SSSR count). The maximum Gasteiger partial charge on any atom is 0.231 e. The molecule has 29 heavy (non-hydrogen) atoms. The maximum absolute atomic E-state index is 14.0. The van der Waals surface area contributed by atoms with Gasteiger partial charge in [-0.1, -0.05) is 29.8 Å². The Morgan fingerprint density at radius 1 is 1.07 bits per heavy atom. The van der Waals surface area contributed by atoms with E-state index < -0.39 is 5.82 Å². The van der Waals surface area contributed by atoms with Crippen LogP contribution >= 0.6 is 11.6 Å². The molecule has 0 aliphatic carbocycles. The quantitative estimate of drug-likeness (QED) is 0.507. The first-order valence-electron chi connectivity index (χ1n) is 8.83. The van der Waals surface area contributed by atoms with Crippen molar-refractivity contribution >= 4 is 23.5 Å². The van der Waals surface area contributed by atoms with Gasteiger partial charge in [0, 0.05) is 11.6 Å². The largest absolute Gasteiger partial charge is 0.497 e. The molecule has 0 radical (unpaired) electrons. The van der Waals surface area contributed by atoms with Crippen molar-refractivity contribution in [3.63, 3.8) is 0 Å². The predicted octanol–water partition coefficient (Wildman–Crippen LogP) is 5.68. The monoisotopic (exact) mass is 410 g/mol. The molecule has 0 fully saturated rings. The van der Waals surface area contributed by atoms with Crippen LogP contribution in [-0.4, -0.2) is 12.9 Å². The molecule has 3 aromatic rings. The summed E-state index contributed by atoms with van der Waals surface area (Å²) in [4.78, 5) is 12.6. The molecule has 0 saturated heterocycles. The van der Waals surface area contributed by atoms with Gasteiger partial charge in [-0.3, -0.25) is 4.79 Å². The second-order valence-corrected chi connectivity index (χ2v) is 6.78. The summed E-state index contributed by atoms with van der Waals surface area (Å²) >= 11 is 6.03. The van der Waals surface area contributed by atoms with Crippen molar-refractivity contribution in [2.45, 2.75) is 6.61 Å². The second-order valence-electron chi connectivity index (χ2n) is 6.37. The molecule has 0 N–H and O–H groups in total. The Hall–Kier alpha value is -3.31. The van der Waals surface area contributed by atoms with Crippen LogP contribution in [0.5, 0.6) is 17.2 Å². The third kappa shape index (κ3) is 3.96. The molecule has 3 aromatic carbocycles. The minimum Gasteiger partial charge on any atom is -0.497 e. The Balaban J connectivity index is 1.53. The SMILES string of the molecule is COc1cccc(COc2ccc3c(c2)OC(=Cc2c(F)cccc2Cl)C3=O)c1. The number of carbonyl (C=O) groups is 1. The highest BCUT2D eigenvalue weighted by Gasteiger charge is 2.28. The summed E-state index contributed by atoms with van der Waals surface area (Å²) in [5.41, 5.74) is 1.44. The van der Waals surface area contributed by atoms with Gasteiger partial charge >= 0.3 is 0 Å². The molecule has 0 atom stereocenters. The van der Waals surface area contributed by atoms with E-state index in [1.165, 1.54) is 18.2 Å². The standard InChI is InChI=1S/C23H16ClFO4/c1-27-15-5-2-4-14(10-15)13-28-16-8-9-17-21(11-16)29-22(23(17)26)12-18-19(24)6-3-7-20(18)25/h2-12H,13H2,1H3. The number of halogens is 2. The van der Waals surface area contributed by atoms with Gasteiger partial charge in [0.05, 0.1) is 17.7 Å². The summed E-state index contributed by atoms with van der Waals surface area (Å²) in [7, 11) is 1.61. The van der Waals surface area contributed by atoms with Gasteiger partial charge in [-0.2, -0.15) is 0 Å². The smallest absolute Gasteiger partial charge is 0.231 e. The Kier molecular flexibility index (Phi) is 5.23. The van der Waals surface area contributed by atoms with Crippen LogP contribution in [-0.2, 0) is 6.61 Å². The van der Waals surface area contributed by atoms with Gasteiger partial charge in [-0.15, -0.1) is 0 Å². The summed E-state index contributed by atoms with van der Waals surface area (Å²) in [5, 5.41) is 0.201. The second kappa shape index (κ2) is 7.97. The lowest BCUT2D eigenvalue weighted by atomic mass is 10.1. The fourth-order valence-corrected chi connectivity index (χ4v) is 3.18. The molecule has 0 aromatic heterocycles. The van der Waals surface area contributed by atoms with Crippen LogP contribution in [0.15, 0.2) is 66.4 Å². The summed E-state index contributed by atoms with van der Waals surface area (Å²) in [5.74, 6) is 0.798. The predicted molar refractivity (Wildman–Crippen MR) is 108 cm³/mol. The van der Waals surface area contributed by atoms with Crippen molar-refractivity contribution in [1.29, 1.82) is 0 Å². The third-order valence-corrected chi connectivity index (χ3v) is 4.79. The van der Waals surface area contributed by atoms with E-state index in [4.69, 9.17) is 25.8 Å². The molecule has 4 nitrogen and oxygen atoms in total. The molecule has 0 spiro atoms. The van der Waals surface area contributed by atoms with Crippen molar-refractivity contribution in [1.82, 2.24) is 0 Å². The molecular weight excluding hydrogens is 395 g/mol. The first-order valence-corrected chi connectivity index (χ1v) is 9.21. The van der Waals surface area contributed by atoms with Crippen molar-refractivity contribution in [3.8, 4) is 17.2 Å². The van der Waals surface area contributed by atoms with Crippen molar-refractivity contribution in [3.05, 3.63) is 94.0 Å². The van der Waals surface area contributed by atoms with Gasteiger partial charge in [0.25, 0.3) is 0 Å². The Morgan fingerprint density at radius 3 is 2.69 bits per heavy atom. The number of allylic oxidation sites excluding steroid dienone is 1. The molecule has 146 valence electrons. The highest BCUT2D eigenvalue weighted by molar-refractivity contribution is 6.32. The van der Waals surface area contributed by atoms with Gasteiger partial charge < -0.3 is 14.2 Å². The summed E-state index contributed by atoms with van der Waals surface area (Å²) in [6.45, 7) is 0.331. The first kappa shape index (κ1) is 19.0. The molecule has 1 aliphatic rings. The number of hydrogen-bond donors (Lipinski definition) is 0. The number of Topliss-reactive ketones (excluding diaryl/α,β-unsaturated/α-hetero) is 1. The number of methoxy groups -OCH3 is 1. The Bertz CT molecular complexity index is 1100. The fourth-order valence-electron chi connectivity index (χ4n) is 2.97. The van der Waals surface area contributed by atoms with Gasteiger partial charge in [0.1, 0.15) is 29.7 Å². The van der Waals surface area contributed by atoms with E-state index in [0.29, 0.717) is 23.7 Å². The van der Waals surface area contributed by atoms with Gasteiger partial charge in [-0.05, 0) is 48.0 Å². The van der Waals surface area contributed by atoms with E-state index in [1.54, 1.807) is 31.4 Å². The van der Waals surface area contributed by atoms with Crippen molar-refractivity contribution in [2.75, 3.05) is 7.11 Å². The van der Waals surface area contributed by atoms with Gasteiger partial charge in [0.15, 0.2) is 5.76 Å². The highest BCUT2D eigenvalue weighted by Crippen LogP contribution is 2.36. The zero-order valence-electron chi connectivity index (χ0n) is 15.4. The van der Waals surface area contributed by atoms with Crippen LogP contribution in [0.3, 0.4) is 0 Å². The lowest BCUT2D eigenvalue weighted by molar-refractivity contribution is 0.101. The number of carbonyl (C=O) groups excluding carboxylic acids is 1. The average molecular weight is 411 g/mol. The zero-order valence-corrected chi connectivity index (χ0v) is 16.2. The molecule has 0 amide bonds. The van der Waals surface area contributed by atoms with E-state index in [9.17, 15) is 9.18 Å². The summed E-state index contributed by atoms with van der Waals surface area (Å²) in [6, 6.07) is 16.8. The fraction of sp³-hybridized carbons (Fsp3) is 0.0870. The first-order chi connectivity index (χ1) is 14.0.